The Labute approximate surface area is 149 Å². The van der Waals surface area contributed by atoms with Crippen molar-refractivity contribution in [3.05, 3.63) is 0 Å². The molecule has 0 aromatic rings. The Morgan fingerprint density at radius 2 is 1.50 bits per heavy atom. The Hall–Kier alpha value is -0.570. The van der Waals surface area contributed by atoms with Crippen molar-refractivity contribution in [3.8, 4) is 0 Å². The Kier molecular flexibility index (Phi) is 11.4. The smallest absolute Gasteiger partial charge is 0.309 e. The molecule has 0 saturated carbocycles. The summed E-state index contributed by atoms with van der Waals surface area (Å²) in [6.45, 7) is 10.3. The van der Waals surface area contributed by atoms with Gasteiger partial charge in [0.25, 0.3) is 0 Å². The number of rotatable bonds is 15. The maximum absolute atomic E-state index is 12.4. The van der Waals surface area contributed by atoms with Crippen molar-refractivity contribution in [1.29, 1.82) is 0 Å². The molecule has 142 valence electrons. The van der Waals surface area contributed by atoms with Crippen molar-refractivity contribution in [2.45, 2.75) is 98.0 Å². The highest BCUT2D eigenvalue weighted by molar-refractivity contribution is 5.72. The van der Waals surface area contributed by atoms with Crippen LogP contribution in [0.5, 0.6) is 0 Å². The first-order valence-corrected chi connectivity index (χ1v) is 10.3. The van der Waals surface area contributed by atoms with Gasteiger partial charge in [-0.1, -0.05) is 79.1 Å². The third-order valence-electron chi connectivity index (χ3n) is 5.54. The van der Waals surface area contributed by atoms with Gasteiger partial charge in [0.2, 0.25) is 0 Å². The minimum absolute atomic E-state index is 0.0107. The molecule has 1 heterocycles. The van der Waals surface area contributed by atoms with Crippen molar-refractivity contribution in [2.75, 3.05) is 13.2 Å². The number of carbonyl (C=O) groups is 1. The lowest BCUT2D eigenvalue weighted by Gasteiger charge is -2.17. The zero-order valence-electron chi connectivity index (χ0n) is 16.5. The van der Waals surface area contributed by atoms with Crippen LogP contribution in [0.3, 0.4) is 0 Å². The summed E-state index contributed by atoms with van der Waals surface area (Å²) in [4.78, 5) is 12.4. The van der Waals surface area contributed by atoms with E-state index in [1.165, 1.54) is 38.5 Å². The summed E-state index contributed by atoms with van der Waals surface area (Å²) in [5.41, 5.74) is 0. The van der Waals surface area contributed by atoms with E-state index in [2.05, 4.69) is 27.7 Å². The van der Waals surface area contributed by atoms with E-state index in [1.54, 1.807) is 0 Å². The van der Waals surface area contributed by atoms with Crippen molar-refractivity contribution in [1.82, 2.24) is 0 Å². The van der Waals surface area contributed by atoms with E-state index in [-0.39, 0.29) is 18.0 Å². The molecule has 0 aromatic heterocycles. The molecule has 1 rings (SSSR count). The van der Waals surface area contributed by atoms with Gasteiger partial charge < -0.3 is 9.47 Å². The fraction of sp³-hybridized carbons (Fsp3) is 0.952. The van der Waals surface area contributed by atoms with E-state index in [4.69, 9.17) is 9.47 Å². The Bertz CT molecular complexity index is 325. The Balaban J connectivity index is 2.25. The summed E-state index contributed by atoms with van der Waals surface area (Å²) in [6.07, 6.45) is 12.0. The predicted octanol–water partition coefficient (Wildman–Crippen LogP) is 5.76. The molecule has 0 aliphatic carbocycles. The summed E-state index contributed by atoms with van der Waals surface area (Å²) in [7, 11) is 0. The van der Waals surface area contributed by atoms with Gasteiger partial charge in [-0.05, 0) is 24.7 Å². The highest BCUT2D eigenvalue weighted by Gasteiger charge is 2.26. The van der Waals surface area contributed by atoms with Gasteiger partial charge in [0, 0.05) is 0 Å². The summed E-state index contributed by atoms with van der Waals surface area (Å²) in [6, 6.07) is 0. The summed E-state index contributed by atoms with van der Waals surface area (Å²) >= 11 is 0. The lowest BCUT2D eigenvalue weighted by molar-refractivity contribution is -0.149. The molecule has 3 nitrogen and oxygen atoms in total. The number of hydrogen-bond acceptors (Lipinski definition) is 3. The zero-order chi connectivity index (χ0) is 17.8. The molecule has 0 spiro atoms. The molecule has 4 unspecified atom stereocenters. The number of carbonyl (C=O) groups excluding carboxylic acids is 1. The maximum Gasteiger partial charge on any atom is 0.309 e. The number of epoxide rings is 1. The van der Waals surface area contributed by atoms with Gasteiger partial charge in [-0.15, -0.1) is 0 Å². The lowest BCUT2D eigenvalue weighted by atomic mass is 9.92. The molecule has 1 saturated heterocycles. The van der Waals surface area contributed by atoms with Gasteiger partial charge in [0.05, 0.1) is 12.5 Å². The van der Waals surface area contributed by atoms with Gasteiger partial charge in [0.1, 0.15) is 12.7 Å². The van der Waals surface area contributed by atoms with Crippen LogP contribution in [0.25, 0.3) is 0 Å². The van der Waals surface area contributed by atoms with Crippen molar-refractivity contribution < 1.29 is 14.3 Å². The van der Waals surface area contributed by atoms with Crippen LogP contribution < -0.4 is 0 Å². The topological polar surface area (TPSA) is 38.8 Å². The van der Waals surface area contributed by atoms with E-state index in [9.17, 15) is 4.79 Å². The minimum atomic E-state index is 0.0107. The van der Waals surface area contributed by atoms with Crippen LogP contribution in [0.2, 0.25) is 0 Å². The molecule has 1 fully saturated rings. The van der Waals surface area contributed by atoms with Crippen LogP contribution in [0, 0.1) is 17.8 Å². The van der Waals surface area contributed by atoms with E-state index < -0.39 is 0 Å². The molecule has 0 bridgehead atoms. The number of unbranched alkanes of at least 4 members (excludes halogenated alkanes) is 2. The first-order valence-electron chi connectivity index (χ1n) is 10.3. The van der Waals surface area contributed by atoms with Crippen LogP contribution in [0.1, 0.15) is 91.9 Å². The molecule has 4 atom stereocenters. The second-order valence-electron chi connectivity index (χ2n) is 7.88. The van der Waals surface area contributed by atoms with Gasteiger partial charge in [0.15, 0.2) is 0 Å². The van der Waals surface area contributed by atoms with Gasteiger partial charge in [-0.25, -0.2) is 0 Å². The Morgan fingerprint density at radius 3 is 2.08 bits per heavy atom. The summed E-state index contributed by atoms with van der Waals surface area (Å²) in [5.74, 6) is 1.70. The second kappa shape index (κ2) is 12.7. The van der Waals surface area contributed by atoms with Crippen LogP contribution in [-0.2, 0) is 14.3 Å². The predicted molar refractivity (Wildman–Crippen MR) is 100 cm³/mol. The van der Waals surface area contributed by atoms with E-state index in [1.807, 2.05) is 0 Å². The molecule has 1 aliphatic heterocycles. The number of hydrogen-bond donors (Lipinski definition) is 0. The summed E-state index contributed by atoms with van der Waals surface area (Å²) < 4.78 is 10.6. The Morgan fingerprint density at radius 1 is 0.958 bits per heavy atom. The van der Waals surface area contributed by atoms with Gasteiger partial charge in [-0.3, -0.25) is 4.79 Å². The highest BCUT2D eigenvalue weighted by Crippen LogP contribution is 2.23. The van der Waals surface area contributed by atoms with Crippen molar-refractivity contribution in [2.24, 2.45) is 17.8 Å². The van der Waals surface area contributed by atoms with E-state index in [0.717, 1.165) is 44.1 Å². The third-order valence-corrected chi connectivity index (χ3v) is 5.54. The second-order valence-corrected chi connectivity index (χ2v) is 7.88. The third kappa shape index (κ3) is 10.3. The molecule has 1 aliphatic rings. The van der Waals surface area contributed by atoms with E-state index in [0.29, 0.717) is 6.61 Å². The fourth-order valence-electron chi connectivity index (χ4n) is 3.02. The van der Waals surface area contributed by atoms with Crippen molar-refractivity contribution >= 4 is 5.97 Å². The SMILES string of the molecule is CCC(C)CCCCCC(CCCC(C)CC)C(=O)OCC1CO1. The van der Waals surface area contributed by atoms with Gasteiger partial charge >= 0.3 is 5.97 Å². The van der Waals surface area contributed by atoms with Gasteiger partial charge in [-0.2, -0.15) is 0 Å². The van der Waals surface area contributed by atoms with Crippen LogP contribution in [0.15, 0.2) is 0 Å². The molecule has 3 heteroatoms. The molecule has 0 radical (unpaired) electrons. The number of ether oxygens (including phenoxy) is 2. The first-order chi connectivity index (χ1) is 11.6. The lowest BCUT2D eigenvalue weighted by Crippen LogP contribution is -2.20. The number of esters is 1. The largest absolute Gasteiger partial charge is 0.463 e. The molecular formula is C21H40O3. The van der Waals surface area contributed by atoms with Crippen LogP contribution >= 0.6 is 0 Å². The molecule has 0 amide bonds. The maximum atomic E-state index is 12.4. The monoisotopic (exact) mass is 340 g/mol. The molecule has 0 aromatic carbocycles. The minimum Gasteiger partial charge on any atom is -0.463 e. The van der Waals surface area contributed by atoms with Crippen LogP contribution in [0.4, 0.5) is 0 Å². The van der Waals surface area contributed by atoms with E-state index >= 15 is 0 Å². The van der Waals surface area contributed by atoms with Crippen LogP contribution in [-0.4, -0.2) is 25.3 Å². The molecule has 24 heavy (non-hydrogen) atoms. The normalized spacial score (nSPS) is 20.4. The first kappa shape index (κ1) is 21.5. The molecular weight excluding hydrogens is 300 g/mol. The molecule has 0 N–H and O–H groups in total. The fourth-order valence-corrected chi connectivity index (χ4v) is 3.02. The average molecular weight is 341 g/mol. The standard InChI is InChI=1S/C21H40O3/c1-5-17(3)11-8-7-9-13-19(14-10-12-18(4)6-2)21(22)24-16-20-15-23-20/h17-20H,5-16H2,1-4H3. The zero-order valence-corrected chi connectivity index (χ0v) is 16.5. The summed E-state index contributed by atoms with van der Waals surface area (Å²) in [5, 5.41) is 0. The quantitative estimate of drug-likeness (QED) is 0.216. The average Bonchev–Trinajstić information content (AvgIpc) is 3.41. The van der Waals surface area contributed by atoms with Crippen molar-refractivity contribution in [3.63, 3.8) is 0 Å². The highest BCUT2D eigenvalue weighted by atomic mass is 16.6.